The van der Waals surface area contributed by atoms with Gasteiger partial charge in [-0.1, -0.05) is 18.2 Å². The number of H-pyrrole nitrogens is 1. The van der Waals surface area contributed by atoms with Crippen molar-refractivity contribution in [2.45, 2.75) is 0 Å². The molecule has 1 aromatic heterocycles. The topological polar surface area (TPSA) is 125 Å². The van der Waals surface area contributed by atoms with Crippen LogP contribution in [0.2, 0.25) is 0 Å². The second kappa shape index (κ2) is 5.53. The molecule has 0 atom stereocenters. The van der Waals surface area contributed by atoms with E-state index < -0.39 is 13.4 Å². The Morgan fingerprint density at radius 3 is 2.44 bits per heavy atom. The fourth-order valence-corrected chi connectivity index (χ4v) is 1.16. The van der Waals surface area contributed by atoms with Crippen LogP contribution in [0.15, 0.2) is 30.3 Å². The summed E-state index contributed by atoms with van der Waals surface area (Å²) in [5.41, 5.74) is 5.08. The zero-order chi connectivity index (χ0) is 12.1. The third-order valence-corrected chi connectivity index (χ3v) is 1.71. The van der Waals surface area contributed by atoms with Crippen LogP contribution in [0, 0.1) is 10.1 Å². The molecule has 0 aliphatic heterocycles. The summed E-state index contributed by atoms with van der Waals surface area (Å²) in [5.74, 6) is 0.0381. The van der Waals surface area contributed by atoms with Gasteiger partial charge in [0.1, 0.15) is 5.52 Å². The molecule has 7 nitrogen and oxygen atoms in total. The quantitative estimate of drug-likeness (QED) is 0.340. The van der Waals surface area contributed by atoms with Gasteiger partial charge in [0.15, 0.2) is 0 Å². The molecule has 0 aliphatic rings. The molecule has 2 rings (SSSR count). The number of benzene rings is 1. The van der Waals surface area contributed by atoms with Crippen LogP contribution in [0.4, 0.5) is 5.82 Å². The van der Waals surface area contributed by atoms with E-state index in [1.165, 1.54) is 6.07 Å². The van der Waals surface area contributed by atoms with Crippen LogP contribution in [0.1, 0.15) is 0 Å². The first-order chi connectivity index (χ1) is 7.50. The van der Waals surface area contributed by atoms with Crippen LogP contribution < -0.4 is 5.50 Å². The molecule has 5 N–H and O–H groups in total. The largest absolute Gasteiger partial charge is 0.358 e. The fraction of sp³-hybridized carbons (Fsp3) is 0. The summed E-state index contributed by atoms with van der Waals surface area (Å²) in [5, 5.41) is 11.2. The predicted octanol–water partition coefficient (Wildman–Crippen LogP) is 1.23. The number of para-hydroxylation sites is 1. The van der Waals surface area contributed by atoms with Crippen molar-refractivity contribution in [2.75, 3.05) is 0 Å². The van der Waals surface area contributed by atoms with Crippen LogP contribution in [0.5, 0.6) is 0 Å². The van der Waals surface area contributed by atoms with E-state index in [4.69, 9.17) is 9.79 Å². The first-order valence-corrected chi connectivity index (χ1v) is 5.47. The number of nitrogens with zero attached hydrogens (tertiary/aromatic N) is 1. The Morgan fingerprint density at radius 2 is 1.94 bits per heavy atom. The fourth-order valence-electron chi connectivity index (χ4n) is 1.16. The normalized spacial score (nSPS) is 10.0. The molecule has 1 aromatic carbocycles. The number of aromatic amines is 1. The third-order valence-electron chi connectivity index (χ3n) is 1.71. The Morgan fingerprint density at radius 1 is 1.38 bits per heavy atom. The highest BCUT2D eigenvalue weighted by Crippen LogP contribution is 2.19. The molecule has 0 saturated carbocycles. The minimum absolute atomic E-state index is 0.0381. The van der Waals surface area contributed by atoms with Gasteiger partial charge in [-0.05, 0) is 11.0 Å². The summed E-state index contributed by atoms with van der Waals surface area (Å²) >= 11 is 0. The van der Waals surface area contributed by atoms with Gasteiger partial charge in [-0.15, -0.1) is 0 Å². The van der Waals surface area contributed by atoms with Crippen molar-refractivity contribution in [3.63, 3.8) is 0 Å². The number of nitrogens with one attached hydrogen (secondary N) is 1. The molecule has 2 aromatic rings. The lowest BCUT2D eigenvalue weighted by atomic mass is 10.2. The maximum Gasteiger partial charge on any atom is 0.321 e. The average molecular weight is 243 g/mol. The number of hydrogen-bond acceptors (Lipinski definition) is 5. The van der Waals surface area contributed by atoms with E-state index in [0.717, 1.165) is 10.9 Å². The summed E-state index contributed by atoms with van der Waals surface area (Å²) in [6.07, 6.45) is 0. The van der Waals surface area contributed by atoms with Gasteiger partial charge in [0.25, 0.3) is 0 Å². The Labute approximate surface area is 91.6 Å². The van der Waals surface area contributed by atoms with E-state index in [9.17, 15) is 10.1 Å². The number of aromatic nitrogens is 1. The lowest BCUT2D eigenvalue weighted by molar-refractivity contribution is -0.389. The zero-order valence-electron chi connectivity index (χ0n) is 8.07. The highest BCUT2D eigenvalue weighted by molar-refractivity contribution is 7.42. The molecule has 0 bridgehead atoms. The molecule has 0 radical (unpaired) electrons. The van der Waals surface area contributed by atoms with E-state index in [0.29, 0.717) is 0 Å². The van der Waals surface area contributed by atoms with Gasteiger partial charge in [-0.3, -0.25) is 5.50 Å². The van der Waals surface area contributed by atoms with E-state index in [1.807, 2.05) is 24.3 Å². The number of hydrogen-bond donors (Lipinski definition) is 4. The number of fused-ring (bicyclic) bond motifs is 1. The highest BCUT2D eigenvalue weighted by atomic mass is 31.2. The Kier molecular flexibility index (Phi) is 4.33. The Hall–Kier alpha value is -1.53. The van der Waals surface area contributed by atoms with E-state index >= 15 is 0 Å². The molecule has 86 valence electrons. The van der Waals surface area contributed by atoms with Crippen molar-refractivity contribution in [3.8, 4) is 0 Å². The molecular weight excluding hydrogens is 233 g/mol. The molecule has 0 aliphatic carbocycles. The first kappa shape index (κ1) is 12.5. The standard InChI is InChI=1S/C8H6N2O2.H4NO2P/c11-10(12)8-5-6-3-1-2-4-7(6)9-8;1-4(2)3/h1-5,9H;2-3H,1H2. The molecule has 16 heavy (non-hydrogen) atoms. The first-order valence-electron chi connectivity index (χ1n) is 4.15. The summed E-state index contributed by atoms with van der Waals surface area (Å²) in [4.78, 5) is 27.5. The minimum Gasteiger partial charge on any atom is -0.358 e. The third kappa shape index (κ3) is 3.56. The lowest BCUT2D eigenvalue weighted by Gasteiger charge is -1.84. The monoisotopic (exact) mass is 243 g/mol. The number of nitrogens with two attached hydrogens (primary N) is 1. The predicted molar refractivity (Wildman–Crippen MR) is 60.5 cm³/mol. The van der Waals surface area contributed by atoms with Crippen molar-refractivity contribution in [1.82, 2.24) is 4.98 Å². The summed E-state index contributed by atoms with van der Waals surface area (Å²) in [6, 6.07) is 8.85. The van der Waals surface area contributed by atoms with Crippen LogP contribution >= 0.6 is 8.53 Å². The average Bonchev–Trinajstić information content (AvgIpc) is 2.59. The van der Waals surface area contributed by atoms with E-state index in [1.54, 1.807) is 0 Å². The van der Waals surface area contributed by atoms with Gasteiger partial charge in [-0.25, -0.2) is 4.98 Å². The van der Waals surface area contributed by atoms with Crippen LogP contribution in [0.3, 0.4) is 0 Å². The van der Waals surface area contributed by atoms with E-state index in [2.05, 4.69) is 10.5 Å². The lowest BCUT2D eigenvalue weighted by Crippen LogP contribution is -1.85. The minimum atomic E-state index is -2.12. The van der Waals surface area contributed by atoms with Gasteiger partial charge in [0, 0.05) is 11.5 Å². The van der Waals surface area contributed by atoms with Gasteiger partial charge in [-0.2, -0.15) is 0 Å². The van der Waals surface area contributed by atoms with Crippen molar-refractivity contribution in [2.24, 2.45) is 5.50 Å². The SMILES string of the molecule is NP(O)O.O=[N+]([O-])c1cc2ccccc2[nH]1. The molecule has 1 heterocycles. The molecule has 0 fully saturated rings. The van der Waals surface area contributed by atoms with Crippen molar-refractivity contribution in [3.05, 3.63) is 40.4 Å². The maximum atomic E-state index is 10.3. The zero-order valence-corrected chi connectivity index (χ0v) is 8.96. The second-order valence-electron chi connectivity index (χ2n) is 2.82. The summed E-state index contributed by atoms with van der Waals surface area (Å²) in [6.45, 7) is 0. The molecule has 0 saturated heterocycles. The van der Waals surface area contributed by atoms with Crippen LogP contribution in [0.25, 0.3) is 10.9 Å². The molecule has 0 amide bonds. The van der Waals surface area contributed by atoms with Gasteiger partial charge in [0.05, 0.1) is 0 Å². The van der Waals surface area contributed by atoms with Crippen molar-refractivity contribution < 1.29 is 14.7 Å². The van der Waals surface area contributed by atoms with Gasteiger partial charge < -0.3 is 19.9 Å². The van der Waals surface area contributed by atoms with Crippen LogP contribution in [-0.4, -0.2) is 19.7 Å². The van der Waals surface area contributed by atoms with Gasteiger partial charge >= 0.3 is 5.82 Å². The molecular formula is C8H10N3O4P. The highest BCUT2D eigenvalue weighted by Gasteiger charge is 2.07. The smallest absolute Gasteiger partial charge is 0.321 e. The summed E-state index contributed by atoms with van der Waals surface area (Å²) < 4.78 is 0. The number of nitro groups is 1. The maximum absolute atomic E-state index is 10.3. The summed E-state index contributed by atoms with van der Waals surface area (Å²) in [7, 11) is -2.12. The van der Waals surface area contributed by atoms with E-state index in [-0.39, 0.29) is 5.82 Å². The molecule has 0 spiro atoms. The van der Waals surface area contributed by atoms with Gasteiger partial charge in [0.2, 0.25) is 8.53 Å². The molecule has 8 heteroatoms. The molecule has 0 unspecified atom stereocenters. The van der Waals surface area contributed by atoms with Crippen molar-refractivity contribution >= 4 is 25.2 Å². The number of rotatable bonds is 1. The Bertz CT molecular complexity index is 449. The van der Waals surface area contributed by atoms with Crippen molar-refractivity contribution in [1.29, 1.82) is 0 Å². The Balaban J connectivity index is 0.000000280. The second-order valence-corrected chi connectivity index (χ2v) is 3.46. The van der Waals surface area contributed by atoms with Crippen LogP contribution in [-0.2, 0) is 0 Å².